The summed E-state index contributed by atoms with van der Waals surface area (Å²) in [5.41, 5.74) is 4.15. The molecule has 3 heterocycles. The first-order valence-corrected chi connectivity index (χ1v) is 12.5. The van der Waals surface area contributed by atoms with E-state index < -0.39 is 0 Å². The van der Waals surface area contributed by atoms with E-state index in [-0.39, 0.29) is 17.4 Å². The summed E-state index contributed by atoms with van der Waals surface area (Å²) in [6, 6.07) is 19.3. The van der Waals surface area contributed by atoms with E-state index in [4.69, 9.17) is 16.6 Å². The smallest absolute Gasteiger partial charge is 0.295 e. The van der Waals surface area contributed by atoms with Crippen molar-refractivity contribution in [2.45, 2.75) is 32.9 Å². The largest absolute Gasteiger partial charge is 0.352 e. The average Bonchev–Trinajstić information content (AvgIpc) is 2.90. The van der Waals surface area contributed by atoms with Gasteiger partial charge in [0.1, 0.15) is 5.52 Å². The number of hydrogen-bond donors (Lipinski definition) is 1. The lowest BCUT2D eigenvalue weighted by Gasteiger charge is -2.32. The van der Waals surface area contributed by atoms with Gasteiger partial charge in [-0.05, 0) is 55.2 Å². The molecule has 1 amide bonds. The highest BCUT2D eigenvalue weighted by Gasteiger charge is 2.28. The van der Waals surface area contributed by atoms with E-state index in [9.17, 15) is 9.59 Å². The van der Waals surface area contributed by atoms with Gasteiger partial charge < -0.3 is 10.2 Å². The molecule has 1 saturated heterocycles. The molecule has 7 nitrogen and oxygen atoms in total. The maximum Gasteiger partial charge on any atom is 0.295 e. The Morgan fingerprint density at radius 3 is 2.75 bits per heavy atom. The standard InChI is InChI=1S/C28H28ClN5O2/c1-19-9-11-20(12-10-19)17-34-25-24(8-3-13-30-25)32-26(28(34)36)33-14-4-6-22(18-33)27(35)31-16-21-5-2-7-23(29)15-21/h2-3,5,7-13,15,22H,4,6,14,16-18H2,1H3,(H,31,35). The molecule has 0 aliphatic carbocycles. The number of carbonyl (C=O) groups excluding carboxylic acids is 1. The minimum Gasteiger partial charge on any atom is -0.352 e. The van der Waals surface area contributed by atoms with Gasteiger partial charge in [-0.15, -0.1) is 0 Å². The molecule has 0 radical (unpaired) electrons. The number of aromatic nitrogens is 3. The molecule has 2 aromatic heterocycles. The number of benzene rings is 2. The van der Waals surface area contributed by atoms with Gasteiger partial charge in [-0.3, -0.25) is 14.2 Å². The highest BCUT2D eigenvalue weighted by atomic mass is 35.5. The average molecular weight is 502 g/mol. The van der Waals surface area contributed by atoms with Crippen LogP contribution < -0.4 is 15.8 Å². The number of hydrogen-bond acceptors (Lipinski definition) is 5. The van der Waals surface area contributed by atoms with Crippen molar-refractivity contribution in [3.05, 3.63) is 98.9 Å². The first-order chi connectivity index (χ1) is 17.5. The summed E-state index contributed by atoms with van der Waals surface area (Å²) in [5, 5.41) is 3.67. The van der Waals surface area contributed by atoms with Crippen LogP contribution in [0.3, 0.4) is 0 Å². The molecule has 0 saturated carbocycles. The van der Waals surface area contributed by atoms with E-state index in [2.05, 4.69) is 10.3 Å². The lowest BCUT2D eigenvalue weighted by atomic mass is 9.97. The van der Waals surface area contributed by atoms with Crippen LogP contribution in [0.4, 0.5) is 5.82 Å². The zero-order valence-electron chi connectivity index (χ0n) is 20.2. The maximum absolute atomic E-state index is 13.7. The highest BCUT2D eigenvalue weighted by Crippen LogP contribution is 2.22. The molecule has 1 atom stereocenters. The predicted octanol–water partition coefficient (Wildman–Crippen LogP) is 4.33. The molecular formula is C28H28ClN5O2. The summed E-state index contributed by atoms with van der Waals surface area (Å²) in [6.45, 7) is 3.98. The Balaban J connectivity index is 1.39. The Hall–Kier alpha value is -3.71. The van der Waals surface area contributed by atoms with Gasteiger partial charge in [0.25, 0.3) is 5.56 Å². The number of halogens is 1. The number of pyridine rings is 1. The molecule has 4 aromatic rings. The van der Waals surface area contributed by atoms with Crippen LogP contribution in [0.25, 0.3) is 11.2 Å². The number of fused-ring (bicyclic) bond motifs is 1. The van der Waals surface area contributed by atoms with Crippen LogP contribution in [0.2, 0.25) is 5.02 Å². The van der Waals surface area contributed by atoms with Crippen molar-refractivity contribution in [2.24, 2.45) is 5.92 Å². The number of amides is 1. The molecule has 1 aliphatic heterocycles. The Morgan fingerprint density at radius 1 is 1.11 bits per heavy atom. The number of anilines is 1. The molecule has 0 bridgehead atoms. The predicted molar refractivity (Wildman–Crippen MR) is 142 cm³/mol. The fourth-order valence-corrected chi connectivity index (χ4v) is 4.87. The Bertz CT molecular complexity index is 1450. The number of piperidine rings is 1. The topological polar surface area (TPSA) is 80.1 Å². The lowest BCUT2D eigenvalue weighted by molar-refractivity contribution is -0.125. The lowest BCUT2D eigenvalue weighted by Crippen LogP contribution is -2.45. The third kappa shape index (κ3) is 5.26. The van der Waals surface area contributed by atoms with Crippen LogP contribution in [0.1, 0.15) is 29.5 Å². The van der Waals surface area contributed by atoms with Crippen molar-refractivity contribution in [3.63, 3.8) is 0 Å². The number of nitrogens with zero attached hydrogens (tertiary/aromatic N) is 4. The summed E-state index contributed by atoms with van der Waals surface area (Å²) in [6.07, 6.45) is 3.25. The van der Waals surface area contributed by atoms with E-state index in [1.54, 1.807) is 10.8 Å². The van der Waals surface area contributed by atoms with Crippen molar-refractivity contribution in [2.75, 3.05) is 18.0 Å². The van der Waals surface area contributed by atoms with Gasteiger partial charge in [-0.25, -0.2) is 9.97 Å². The monoisotopic (exact) mass is 501 g/mol. The molecule has 1 N–H and O–H groups in total. The SMILES string of the molecule is Cc1ccc(Cn2c(=O)c(N3CCCC(C(=O)NCc4cccc(Cl)c4)C3)nc3cccnc32)cc1. The molecule has 1 fully saturated rings. The molecule has 2 aromatic carbocycles. The van der Waals surface area contributed by atoms with Crippen molar-refractivity contribution < 1.29 is 4.79 Å². The molecule has 0 spiro atoms. The Kier molecular flexibility index (Phi) is 7.00. The van der Waals surface area contributed by atoms with Gasteiger partial charge in [-0.1, -0.05) is 53.6 Å². The summed E-state index contributed by atoms with van der Waals surface area (Å²) in [7, 11) is 0. The van der Waals surface area contributed by atoms with Crippen molar-refractivity contribution >= 4 is 34.5 Å². The second-order valence-electron chi connectivity index (χ2n) is 9.29. The minimum absolute atomic E-state index is 0.0258. The highest BCUT2D eigenvalue weighted by molar-refractivity contribution is 6.30. The second kappa shape index (κ2) is 10.5. The Labute approximate surface area is 214 Å². The third-order valence-electron chi connectivity index (χ3n) is 6.59. The van der Waals surface area contributed by atoms with E-state index in [0.29, 0.717) is 48.2 Å². The first kappa shape index (κ1) is 24.0. The fourth-order valence-electron chi connectivity index (χ4n) is 4.66. The number of carbonyl (C=O) groups is 1. The molecular weight excluding hydrogens is 474 g/mol. The van der Waals surface area contributed by atoms with Crippen LogP contribution in [-0.2, 0) is 17.9 Å². The second-order valence-corrected chi connectivity index (χ2v) is 9.73. The van der Waals surface area contributed by atoms with Crippen molar-refractivity contribution in [3.8, 4) is 0 Å². The fraction of sp³-hybridized carbons (Fsp3) is 0.286. The van der Waals surface area contributed by atoms with Crippen LogP contribution in [0, 0.1) is 12.8 Å². The van der Waals surface area contributed by atoms with E-state index in [0.717, 1.165) is 29.5 Å². The third-order valence-corrected chi connectivity index (χ3v) is 6.83. The zero-order chi connectivity index (χ0) is 25.1. The molecule has 5 rings (SSSR count). The van der Waals surface area contributed by atoms with Crippen LogP contribution in [-0.4, -0.2) is 33.5 Å². The quantitative estimate of drug-likeness (QED) is 0.425. The van der Waals surface area contributed by atoms with E-state index in [1.807, 2.05) is 72.5 Å². The molecule has 1 unspecified atom stereocenters. The molecule has 1 aliphatic rings. The van der Waals surface area contributed by atoms with Gasteiger partial charge in [0.15, 0.2) is 11.5 Å². The van der Waals surface area contributed by atoms with Crippen molar-refractivity contribution in [1.29, 1.82) is 0 Å². The van der Waals surface area contributed by atoms with Gasteiger partial charge in [0, 0.05) is 30.9 Å². The van der Waals surface area contributed by atoms with Crippen molar-refractivity contribution in [1.82, 2.24) is 19.9 Å². The van der Waals surface area contributed by atoms with Gasteiger partial charge in [0.2, 0.25) is 5.91 Å². The minimum atomic E-state index is -0.228. The summed E-state index contributed by atoms with van der Waals surface area (Å²) < 4.78 is 1.69. The van der Waals surface area contributed by atoms with E-state index in [1.165, 1.54) is 0 Å². The normalized spacial score (nSPS) is 15.7. The van der Waals surface area contributed by atoms with Gasteiger partial charge in [-0.2, -0.15) is 0 Å². The maximum atomic E-state index is 13.7. The summed E-state index contributed by atoms with van der Waals surface area (Å²) >= 11 is 6.06. The number of aryl methyl sites for hydroxylation is 1. The summed E-state index contributed by atoms with van der Waals surface area (Å²) in [4.78, 5) is 37.8. The summed E-state index contributed by atoms with van der Waals surface area (Å²) in [5.74, 6) is 0.117. The van der Waals surface area contributed by atoms with Crippen LogP contribution in [0.15, 0.2) is 71.7 Å². The first-order valence-electron chi connectivity index (χ1n) is 12.2. The van der Waals surface area contributed by atoms with E-state index >= 15 is 0 Å². The zero-order valence-corrected chi connectivity index (χ0v) is 20.9. The van der Waals surface area contributed by atoms with Crippen LogP contribution >= 0.6 is 11.6 Å². The molecule has 8 heteroatoms. The number of nitrogens with one attached hydrogen (secondary N) is 1. The van der Waals surface area contributed by atoms with Gasteiger partial charge >= 0.3 is 0 Å². The molecule has 36 heavy (non-hydrogen) atoms. The molecule has 184 valence electrons. The van der Waals surface area contributed by atoms with Crippen LogP contribution in [0.5, 0.6) is 0 Å². The Morgan fingerprint density at radius 2 is 1.94 bits per heavy atom. The number of rotatable bonds is 6. The van der Waals surface area contributed by atoms with Gasteiger partial charge in [0.05, 0.1) is 12.5 Å².